The van der Waals surface area contributed by atoms with E-state index in [1.807, 2.05) is 0 Å². The van der Waals surface area contributed by atoms with Crippen molar-refractivity contribution in [2.45, 2.75) is 24.9 Å². The predicted octanol–water partition coefficient (Wildman–Crippen LogP) is -1.30. The molecule has 2 heterocycles. The lowest BCUT2D eigenvalue weighted by Crippen LogP contribution is -2.57. The number of rotatable bonds is 2. The summed E-state index contributed by atoms with van der Waals surface area (Å²) in [5.41, 5.74) is 5.32. The Hall–Kier alpha value is -1.14. The second kappa shape index (κ2) is 4.39. The molecule has 6 heteroatoms. The molecule has 2 rings (SSSR count). The van der Waals surface area contributed by atoms with Gasteiger partial charge < -0.3 is 15.7 Å². The van der Waals surface area contributed by atoms with E-state index in [2.05, 4.69) is 4.90 Å². The number of nitrogens with two attached hydrogens (primary N) is 1. The van der Waals surface area contributed by atoms with Gasteiger partial charge in [0.2, 0.25) is 0 Å². The average molecular weight is 227 g/mol. The zero-order valence-corrected chi connectivity index (χ0v) is 9.13. The fourth-order valence-corrected chi connectivity index (χ4v) is 2.49. The lowest BCUT2D eigenvalue weighted by atomic mass is 10.1. The highest BCUT2D eigenvalue weighted by Crippen LogP contribution is 2.21. The molecular weight excluding hydrogens is 210 g/mol. The standard InChI is InChI=1S/C10H17N3O3/c11-8(10(15)16)9(14)13-5-4-12-3-1-2-7(12)6-13/h7-8H,1-6,11H2,(H,15,16). The summed E-state index contributed by atoms with van der Waals surface area (Å²) in [6, 6.07) is -1.01. The molecule has 2 aliphatic heterocycles. The summed E-state index contributed by atoms with van der Waals surface area (Å²) in [4.78, 5) is 26.3. The third kappa shape index (κ3) is 2.03. The maximum atomic E-state index is 11.7. The van der Waals surface area contributed by atoms with Gasteiger partial charge in [-0.2, -0.15) is 0 Å². The van der Waals surface area contributed by atoms with E-state index in [1.54, 1.807) is 4.90 Å². The number of nitrogens with zero attached hydrogens (tertiary/aromatic N) is 2. The molecule has 0 bridgehead atoms. The molecule has 2 atom stereocenters. The van der Waals surface area contributed by atoms with Crippen molar-refractivity contribution in [1.29, 1.82) is 0 Å². The molecule has 2 saturated heterocycles. The van der Waals surface area contributed by atoms with Crippen molar-refractivity contribution >= 4 is 11.9 Å². The summed E-state index contributed by atoms with van der Waals surface area (Å²) in [6.07, 6.45) is 2.25. The highest BCUT2D eigenvalue weighted by atomic mass is 16.4. The van der Waals surface area contributed by atoms with Crippen LogP contribution >= 0.6 is 0 Å². The molecule has 1 amide bonds. The van der Waals surface area contributed by atoms with E-state index in [-0.39, 0.29) is 0 Å². The number of carbonyl (C=O) groups excluding carboxylic acids is 1. The van der Waals surface area contributed by atoms with E-state index < -0.39 is 17.9 Å². The first-order valence-corrected chi connectivity index (χ1v) is 5.61. The number of aliphatic carboxylic acids is 1. The Bertz CT molecular complexity index is 308. The number of piperazine rings is 1. The second-order valence-corrected chi connectivity index (χ2v) is 4.43. The van der Waals surface area contributed by atoms with Gasteiger partial charge in [-0.05, 0) is 19.4 Å². The maximum absolute atomic E-state index is 11.7. The normalized spacial score (nSPS) is 27.6. The number of amides is 1. The molecule has 0 saturated carbocycles. The quantitative estimate of drug-likeness (QED) is 0.573. The van der Waals surface area contributed by atoms with Crippen LogP contribution in [-0.4, -0.2) is 65.0 Å². The number of fused-ring (bicyclic) bond motifs is 1. The number of hydrogen-bond donors (Lipinski definition) is 2. The number of carboxylic acid groups (broad SMARTS) is 1. The number of hydrogen-bond acceptors (Lipinski definition) is 4. The summed E-state index contributed by atoms with van der Waals surface area (Å²) in [6.45, 7) is 3.15. The topological polar surface area (TPSA) is 86.9 Å². The van der Waals surface area contributed by atoms with Crippen molar-refractivity contribution in [1.82, 2.24) is 9.80 Å². The first kappa shape index (κ1) is 11.3. The number of carboxylic acids is 1. The second-order valence-electron chi connectivity index (χ2n) is 4.43. The molecule has 6 nitrogen and oxygen atoms in total. The van der Waals surface area contributed by atoms with E-state index >= 15 is 0 Å². The summed E-state index contributed by atoms with van der Waals surface area (Å²) >= 11 is 0. The Morgan fingerprint density at radius 3 is 2.75 bits per heavy atom. The Kier molecular flexibility index (Phi) is 3.11. The highest BCUT2D eigenvalue weighted by molar-refractivity contribution is 6.00. The predicted molar refractivity (Wildman–Crippen MR) is 56.8 cm³/mol. The summed E-state index contributed by atoms with van der Waals surface area (Å²) in [7, 11) is 0. The van der Waals surface area contributed by atoms with Crippen LogP contribution in [0, 0.1) is 0 Å². The molecule has 2 aliphatic rings. The minimum atomic E-state index is -1.41. The molecule has 0 aromatic rings. The SMILES string of the molecule is NC(C(=O)O)C(=O)N1CCN2CCCC2C1. The van der Waals surface area contributed by atoms with Crippen molar-refractivity contribution in [2.75, 3.05) is 26.2 Å². The molecule has 0 radical (unpaired) electrons. The minimum Gasteiger partial charge on any atom is -0.480 e. The van der Waals surface area contributed by atoms with E-state index in [4.69, 9.17) is 10.8 Å². The van der Waals surface area contributed by atoms with Crippen LogP contribution in [0.3, 0.4) is 0 Å². The largest absolute Gasteiger partial charge is 0.480 e. The minimum absolute atomic E-state index is 0.402. The Labute approximate surface area is 94.0 Å². The van der Waals surface area contributed by atoms with Gasteiger partial charge in [0, 0.05) is 25.7 Å². The van der Waals surface area contributed by atoms with Crippen LogP contribution < -0.4 is 5.73 Å². The lowest BCUT2D eigenvalue weighted by Gasteiger charge is -2.38. The lowest BCUT2D eigenvalue weighted by molar-refractivity contribution is -0.147. The molecule has 0 aromatic carbocycles. The van der Waals surface area contributed by atoms with Gasteiger partial charge >= 0.3 is 5.97 Å². The fraction of sp³-hybridized carbons (Fsp3) is 0.800. The van der Waals surface area contributed by atoms with Gasteiger partial charge in [-0.1, -0.05) is 0 Å². The highest BCUT2D eigenvalue weighted by Gasteiger charge is 2.35. The molecule has 90 valence electrons. The summed E-state index contributed by atoms with van der Waals surface area (Å²) < 4.78 is 0. The van der Waals surface area contributed by atoms with Crippen LogP contribution in [0.5, 0.6) is 0 Å². The molecule has 2 unspecified atom stereocenters. The van der Waals surface area contributed by atoms with Gasteiger partial charge in [-0.3, -0.25) is 9.69 Å². The summed E-state index contributed by atoms with van der Waals surface area (Å²) in [5.74, 6) is -1.71. The van der Waals surface area contributed by atoms with Crippen LogP contribution in [-0.2, 0) is 9.59 Å². The van der Waals surface area contributed by atoms with Gasteiger partial charge in [-0.25, -0.2) is 4.79 Å². The zero-order valence-electron chi connectivity index (χ0n) is 9.13. The van der Waals surface area contributed by atoms with Crippen LogP contribution in [0.1, 0.15) is 12.8 Å². The van der Waals surface area contributed by atoms with Crippen LogP contribution in [0.25, 0.3) is 0 Å². The Morgan fingerprint density at radius 2 is 2.06 bits per heavy atom. The number of carbonyl (C=O) groups is 2. The molecular formula is C10H17N3O3. The monoisotopic (exact) mass is 227 g/mol. The van der Waals surface area contributed by atoms with Crippen molar-refractivity contribution < 1.29 is 14.7 Å². The Balaban J connectivity index is 1.96. The maximum Gasteiger partial charge on any atom is 0.330 e. The van der Waals surface area contributed by atoms with Crippen LogP contribution in [0.4, 0.5) is 0 Å². The van der Waals surface area contributed by atoms with Crippen LogP contribution in [0.15, 0.2) is 0 Å². The van der Waals surface area contributed by atoms with Gasteiger partial charge in [0.15, 0.2) is 6.04 Å². The summed E-state index contributed by atoms with van der Waals surface area (Å²) in [5, 5.41) is 8.69. The molecule has 0 aromatic heterocycles. The van der Waals surface area contributed by atoms with Crippen molar-refractivity contribution in [3.05, 3.63) is 0 Å². The molecule has 3 N–H and O–H groups in total. The smallest absolute Gasteiger partial charge is 0.330 e. The molecule has 0 aliphatic carbocycles. The van der Waals surface area contributed by atoms with Crippen molar-refractivity contribution in [2.24, 2.45) is 5.73 Å². The van der Waals surface area contributed by atoms with E-state index in [0.717, 1.165) is 25.9 Å². The van der Waals surface area contributed by atoms with Gasteiger partial charge in [0.25, 0.3) is 5.91 Å². The molecule has 0 spiro atoms. The molecule has 2 fully saturated rings. The van der Waals surface area contributed by atoms with Crippen molar-refractivity contribution in [3.63, 3.8) is 0 Å². The van der Waals surface area contributed by atoms with Gasteiger partial charge in [-0.15, -0.1) is 0 Å². The average Bonchev–Trinajstić information content (AvgIpc) is 2.73. The van der Waals surface area contributed by atoms with Crippen LogP contribution in [0.2, 0.25) is 0 Å². The zero-order chi connectivity index (χ0) is 11.7. The fourth-order valence-electron chi connectivity index (χ4n) is 2.49. The van der Waals surface area contributed by atoms with E-state index in [1.165, 1.54) is 0 Å². The van der Waals surface area contributed by atoms with Gasteiger partial charge in [0.1, 0.15) is 0 Å². The third-order valence-corrected chi connectivity index (χ3v) is 3.43. The Morgan fingerprint density at radius 1 is 1.31 bits per heavy atom. The first-order chi connectivity index (χ1) is 7.59. The third-order valence-electron chi connectivity index (χ3n) is 3.43. The van der Waals surface area contributed by atoms with Crippen molar-refractivity contribution in [3.8, 4) is 0 Å². The van der Waals surface area contributed by atoms with Gasteiger partial charge in [0.05, 0.1) is 0 Å². The van der Waals surface area contributed by atoms with E-state index in [0.29, 0.717) is 19.1 Å². The molecule has 16 heavy (non-hydrogen) atoms. The van der Waals surface area contributed by atoms with E-state index in [9.17, 15) is 9.59 Å². The first-order valence-electron chi connectivity index (χ1n) is 5.61.